The summed E-state index contributed by atoms with van der Waals surface area (Å²) in [6.07, 6.45) is 0. The first-order valence-electron chi connectivity index (χ1n) is 4.38. The van der Waals surface area contributed by atoms with Crippen molar-refractivity contribution in [2.24, 2.45) is 5.73 Å². The Kier molecular flexibility index (Phi) is 2.83. The fourth-order valence-electron chi connectivity index (χ4n) is 1.73. The van der Waals surface area contributed by atoms with Crippen LogP contribution in [0.2, 0.25) is 0 Å². The Labute approximate surface area is 88.5 Å². The Morgan fingerprint density at radius 1 is 1.23 bits per heavy atom. The van der Waals surface area contributed by atoms with Gasteiger partial charge in [-0.3, -0.25) is 0 Å². The van der Waals surface area contributed by atoms with E-state index in [1.807, 2.05) is 13.8 Å². The van der Waals surface area contributed by atoms with Crippen molar-refractivity contribution < 1.29 is 0 Å². The minimum atomic E-state index is -0.281. The summed E-state index contributed by atoms with van der Waals surface area (Å²) in [7, 11) is 0. The Morgan fingerprint density at radius 3 is 2.15 bits per heavy atom. The van der Waals surface area contributed by atoms with Crippen molar-refractivity contribution in [1.82, 2.24) is 0 Å². The molecule has 1 aromatic rings. The Morgan fingerprint density at radius 2 is 1.77 bits per heavy atom. The smallest absolute Gasteiger partial charge is 0.0366 e. The van der Waals surface area contributed by atoms with Gasteiger partial charge in [-0.1, -0.05) is 22.0 Å². The van der Waals surface area contributed by atoms with Gasteiger partial charge in [-0.15, -0.1) is 0 Å². The highest BCUT2D eigenvalue weighted by Gasteiger charge is 2.19. The second-order valence-electron chi connectivity index (χ2n) is 4.16. The number of halogens is 1. The molecule has 0 saturated heterocycles. The molecule has 0 aromatic heterocycles. The van der Waals surface area contributed by atoms with E-state index >= 15 is 0 Å². The molecule has 0 amide bonds. The minimum Gasteiger partial charge on any atom is -0.322 e. The van der Waals surface area contributed by atoms with Crippen molar-refractivity contribution in [1.29, 1.82) is 0 Å². The van der Waals surface area contributed by atoms with Gasteiger partial charge in [0.1, 0.15) is 0 Å². The van der Waals surface area contributed by atoms with Crippen LogP contribution in [0.4, 0.5) is 0 Å². The summed E-state index contributed by atoms with van der Waals surface area (Å²) in [4.78, 5) is 0. The third-order valence-corrected chi connectivity index (χ3v) is 2.70. The zero-order chi connectivity index (χ0) is 10.2. The molecule has 0 unspecified atom stereocenters. The van der Waals surface area contributed by atoms with Gasteiger partial charge in [-0.25, -0.2) is 0 Å². The third-order valence-electron chi connectivity index (χ3n) is 2.08. The predicted molar refractivity (Wildman–Crippen MR) is 60.8 cm³/mol. The largest absolute Gasteiger partial charge is 0.322 e. The van der Waals surface area contributed by atoms with Gasteiger partial charge in [0.05, 0.1) is 0 Å². The number of nitrogens with two attached hydrogens (primary N) is 1. The number of rotatable bonds is 1. The quantitative estimate of drug-likeness (QED) is 0.803. The summed E-state index contributed by atoms with van der Waals surface area (Å²) < 4.78 is 1.11. The van der Waals surface area contributed by atoms with Crippen LogP contribution in [-0.2, 0) is 5.54 Å². The lowest BCUT2D eigenvalue weighted by Gasteiger charge is -2.23. The van der Waals surface area contributed by atoms with Crippen LogP contribution in [-0.4, -0.2) is 0 Å². The molecule has 1 rings (SSSR count). The molecular weight excluding hydrogens is 226 g/mol. The molecule has 0 saturated carbocycles. The van der Waals surface area contributed by atoms with Gasteiger partial charge in [0.15, 0.2) is 0 Å². The molecule has 1 aromatic carbocycles. The van der Waals surface area contributed by atoms with Crippen molar-refractivity contribution in [3.63, 3.8) is 0 Å². The third kappa shape index (κ3) is 2.32. The molecule has 0 heterocycles. The molecule has 13 heavy (non-hydrogen) atoms. The Bertz CT molecular complexity index is 300. The molecule has 0 bridgehead atoms. The standard InChI is InChI=1S/C11H16BrN/c1-7-5-8(2)10(9(12)6-7)11(3,4)13/h5-6H,13H2,1-4H3. The zero-order valence-electron chi connectivity index (χ0n) is 8.61. The molecule has 0 aliphatic rings. The zero-order valence-corrected chi connectivity index (χ0v) is 10.2. The molecule has 0 fully saturated rings. The van der Waals surface area contributed by atoms with E-state index in [1.54, 1.807) is 0 Å². The Hall–Kier alpha value is -0.340. The van der Waals surface area contributed by atoms with Crippen LogP contribution in [0.5, 0.6) is 0 Å². The van der Waals surface area contributed by atoms with Crippen LogP contribution in [0.15, 0.2) is 16.6 Å². The van der Waals surface area contributed by atoms with E-state index in [9.17, 15) is 0 Å². The average Bonchev–Trinajstić information content (AvgIpc) is 1.78. The number of benzene rings is 1. The maximum absolute atomic E-state index is 6.08. The molecule has 0 aliphatic carbocycles. The first-order valence-corrected chi connectivity index (χ1v) is 5.18. The van der Waals surface area contributed by atoms with Crippen molar-refractivity contribution >= 4 is 15.9 Å². The van der Waals surface area contributed by atoms with Gasteiger partial charge in [-0.05, 0) is 50.5 Å². The summed E-state index contributed by atoms with van der Waals surface area (Å²) >= 11 is 3.55. The van der Waals surface area contributed by atoms with E-state index < -0.39 is 0 Å². The summed E-state index contributed by atoms with van der Waals surface area (Å²) in [6.45, 7) is 8.23. The van der Waals surface area contributed by atoms with Crippen molar-refractivity contribution in [3.8, 4) is 0 Å². The fourth-order valence-corrected chi connectivity index (χ4v) is 2.92. The van der Waals surface area contributed by atoms with Crippen LogP contribution < -0.4 is 5.73 Å². The SMILES string of the molecule is Cc1cc(C)c(C(C)(C)N)c(Br)c1. The van der Waals surface area contributed by atoms with Crippen molar-refractivity contribution in [3.05, 3.63) is 33.3 Å². The molecule has 0 atom stereocenters. The highest BCUT2D eigenvalue weighted by Crippen LogP contribution is 2.30. The lowest BCUT2D eigenvalue weighted by molar-refractivity contribution is 0.548. The van der Waals surface area contributed by atoms with Gasteiger partial charge >= 0.3 is 0 Å². The summed E-state index contributed by atoms with van der Waals surface area (Å²) in [5.41, 5.74) is 9.50. The lowest BCUT2D eigenvalue weighted by Crippen LogP contribution is -2.30. The number of hydrogen-bond donors (Lipinski definition) is 1. The van der Waals surface area contributed by atoms with E-state index in [4.69, 9.17) is 5.73 Å². The lowest BCUT2D eigenvalue weighted by atomic mass is 9.90. The van der Waals surface area contributed by atoms with Crippen LogP contribution in [0.25, 0.3) is 0 Å². The van der Waals surface area contributed by atoms with Crippen molar-refractivity contribution in [2.45, 2.75) is 33.2 Å². The normalized spacial score (nSPS) is 11.8. The van der Waals surface area contributed by atoms with Crippen molar-refractivity contribution in [2.75, 3.05) is 0 Å². The predicted octanol–water partition coefficient (Wildman–Crippen LogP) is 3.26. The molecule has 0 radical (unpaired) electrons. The topological polar surface area (TPSA) is 26.0 Å². The first-order chi connectivity index (χ1) is 5.82. The maximum Gasteiger partial charge on any atom is 0.0366 e. The molecule has 72 valence electrons. The fraction of sp³-hybridized carbons (Fsp3) is 0.455. The van der Waals surface area contributed by atoms with E-state index in [2.05, 4.69) is 41.9 Å². The monoisotopic (exact) mass is 241 g/mol. The molecular formula is C11H16BrN. The molecule has 1 nitrogen and oxygen atoms in total. The van der Waals surface area contributed by atoms with Crippen LogP contribution in [0.3, 0.4) is 0 Å². The second kappa shape index (κ2) is 3.43. The second-order valence-corrected chi connectivity index (χ2v) is 5.01. The summed E-state index contributed by atoms with van der Waals surface area (Å²) in [6, 6.07) is 4.27. The highest BCUT2D eigenvalue weighted by molar-refractivity contribution is 9.10. The van der Waals surface area contributed by atoms with E-state index in [1.165, 1.54) is 16.7 Å². The summed E-state index contributed by atoms with van der Waals surface area (Å²) in [5.74, 6) is 0. The molecule has 2 heteroatoms. The van der Waals surface area contributed by atoms with Gasteiger partial charge < -0.3 is 5.73 Å². The molecule has 0 aliphatic heterocycles. The van der Waals surface area contributed by atoms with Crippen LogP contribution in [0.1, 0.15) is 30.5 Å². The summed E-state index contributed by atoms with van der Waals surface area (Å²) in [5, 5.41) is 0. The number of aryl methyl sites for hydroxylation is 2. The van der Waals surface area contributed by atoms with Gasteiger partial charge in [0.25, 0.3) is 0 Å². The van der Waals surface area contributed by atoms with E-state index in [0.29, 0.717) is 0 Å². The highest BCUT2D eigenvalue weighted by atomic mass is 79.9. The van der Waals surface area contributed by atoms with E-state index in [0.717, 1.165) is 4.47 Å². The minimum absolute atomic E-state index is 0.281. The Balaban J connectivity index is 3.38. The van der Waals surface area contributed by atoms with Crippen LogP contribution in [0, 0.1) is 13.8 Å². The average molecular weight is 242 g/mol. The van der Waals surface area contributed by atoms with E-state index in [-0.39, 0.29) is 5.54 Å². The van der Waals surface area contributed by atoms with Gasteiger partial charge in [-0.2, -0.15) is 0 Å². The van der Waals surface area contributed by atoms with Crippen LogP contribution >= 0.6 is 15.9 Å². The van der Waals surface area contributed by atoms with Gasteiger partial charge in [0, 0.05) is 10.0 Å². The van der Waals surface area contributed by atoms with Gasteiger partial charge in [0.2, 0.25) is 0 Å². The first kappa shape index (κ1) is 10.7. The maximum atomic E-state index is 6.08. The number of hydrogen-bond acceptors (Lipinski definition) is 1. The molecule has 0 spiro atoms. The molecule has 2 N–H and O–H groups in total.